The lowest BCUT2D eigenvalue weighted by Crippen LogP contribution is -2.52. The molecule has 124 valence electrons. The molecule has 0 bridgehead atoms. The number of carbonyl (C=O) groups excluding carboxylic acids is 2. The first kappa shape index (κ1) is 18.0. The molecule has 1 N–H and O–H groups in total. The number of ether oxygens (including phenoxy) is 2. The third-order valence-electron chi connectivity index (χ3n) is 3.17. The van der Waals surface area contributed by atoms with Crippen LogP contribution in [0.2, 0.25) is 0 Å². The van der Waals surface area contributed by atoms with Crippen molar-refractivity contribution in [2.75, 3.05) is 20.8 Å². The summed E-state index contributed by atoms with van der Waals surface area (Å²) in [6, 6.07) is 3.33. The lowest BCUT2D eigenvalue weighted by molar-refractivity contribution is -0.128. The number of terminal acetylenes is 1. The minimum absolute atomic E-state index is 0.0302. The number of likely N-dealkylation sites (N-methyl/N-ethyl adjacent to an activating group) is 1. The van der Waals surface area contributed by atoms with Gasteiger partial charge in [0.25, 0.3) is 11.8 Å². The van der Waals surface area contributed by atoms with Gasteiger partial charge in [-0.05, 0) is 51.9 Å². The van der Waals surface area contributed by atoms with Crippen LogP contribution < -0.4 is 14.8 Å². The van der Waals surface area contributed by atoms with Crippen LogP contribution in [0.25, 0.3) is 6.08 Å². The molecule has 0 atom stereocenters. The van der Waals surface area contributed by atoms with Gasteiger partial charge < -0.3 is 9.47 Å². The van der Waals surface area contributed by atoms with Gasteiger partial charge in [0.2, 0.25) is 0 Å². The van der Waals surface area contributed by atoms with Gasteiger partial charge in [0.1, 0.15) is 12.2 Å². The number of rotatable bonds is 4. The second-order valence-corrected chi connectivity index (χ2v) is 5.95. The molecule has 2 amide bonds. The Morgan fingerprint density at radius 2 is 2.17 bits per heavy atom. The molecular weight excluding hydrogens is 396 g/mol. The van der Waals surface area contributed by atoms with Crippen molar-refractivity contribution in [3.8, 4) is 23.8 Å². The summed E-state index contributed by atoms with van der Waals surface area (Å²) < 4.78 is 11.3. The van der Waals surface area contributed by atoms with E-state index in [1.165, 1.54) is 25.1 Å². The molecule has 1 heterocycles. The fourth-order valence-corrected chi connectivity index (χ4v) is 2.74. The van der Waals surface area contributed by atoms with Crippen LogP contribution in [0.4, 0.5) is 0 Å². The predicted molar refractivity (Wildman–Crippen MR) is 96.5 cm³/mol. The number of carbonyl (C=O) groups is 2. The van der Waals surface area contributed by atoms with Crippen molar-refractivity contribution >= 4 is 51.2 Å². The quantitative estimate of drug-likeness (QED) is 0.355. The summed E-state index contributed by atoms with van der Waals surface area (Å²) >= 11 is 8.27. The van der Waals surface area contributed by atoms with Crippen molar-refractivity contribution in [1.82, 2.24) is 10.2 Å². The number of hydrogen-bond donors (Lipinski definition) is 1. The summed E-state index contributed by atoms with van der Waals surface area (Å²) in [5.74, 6) is 2.20. The zero-order valence-corrected chi connectivity index (χ0v) is 15.3. The maximum atomic E-state index is 12.2. The Balaban J connectivity index is 2.44. The summed E-state index contributed by atoms with van der Waals surface area (Å²) in [7, 11) is 2.97. The summed E-state index contributed by atoms with van der Waals surface area (Å²) in [5, 5.41) is 2.52. The first-order valence-corrected chi connectivity index (χ1v) is 7.88. The van der Waals surface area contributed by atoms with Crippen molar-refractivity contribution < 1.29 is 19.1 Å². The maximum Gasteiger partial charge on any atom is 0.265 e. The van der Waals surface area contributed by atoms with Gasteiger partial charge in [0.05, 0.1) is 11.6 Å². The van der Waals surface area contributed by atoms with E-state index >= 15 is 0 Å². The van der Waals surface area contributed by atoms with Gasteiger partial charge in [-0.15, -0.1) is 6.42 Å². The zero-order chi connectivity index (χ0) is 17.9. The molecule has 1 aliphatic rings. The van der Waals surface area contributed by atoms with Crippen molar-refractivity contribution in [3.05, 3.63) is 27.7 Å². The largest absolute Gasteiger partial charge is 0.493 e. The molecule has 1 aromatic carbocycles. The van der Waals surface area contributed by atoms with Crippen LogP contribution in [0.5, 0.6) is 11.5 Å². The highest BCUT2D eigenvalue weighted by Crippen LogP contribution is 2.37. The third kappa shape index (κ3) is 3.58. The Morgan fingerprint density at radius 3 is 2.79 bits per heavy atom. The fourth-order valence-electron chi connectivity index (χ4n) is 1.99. The van der Waals surface area contributed by atoms with Crippen molar-refractivity contribution in [2.24, 2.45) is 0 Å². The van der Waals surface area contributed by atoms with Crippen molar-refractivity contribution in [2.45, 2.75) is 0 Å². The van der Waals surface area contributed by atoms with Gasteiger partial charge in [0, 0.05) is 7.05 Å². The van der Waals surface area contributed by atoms with Gasteiger partial charge in [-0.1, -0.05) is 5.92 Å². The van der Waals surface area contributed by atoms with E-state index in [-0.39, 0.29) is 17.3 Å². The van der Waals surface area contributed by atoms with Crippen LogP contribution >= 0.6 is 28.1 Å². The Morgan fingerprint density at radius 1 is 1.46 bits per heavy atom. The highest BCUT2D eigenvalue weighted by molar-refractivity contribution is 9.10. The van der Waals surface area contributed by atoms with E-state index in [2.05, 4.69) is 27.2 Å². The number of thiocarbonyl (C=S) groups is 1. The van der Waals surface area contributed by atoms with Crippen molar-refractivity contribution in [3.63, 3.8) is 0 Å². The van der Waals surface area contributed by atoms with Crippen LogP contribution in [0.15, 0.2) is 22.2 Å². The number of nitrogens with zero attached hydrogens (tertiary/aromatic N) is 1. The van der Waals surface area contributed by atoms with Crippen LogP contribution in [-0.2, 0) is 9.59 Å². The number of methoxy groups -OCH3 is 1. The maximum absolute atomic E-state index is 12.2. The van der Waals surface area contributed by atoms with E-state index < -0.39 is 11.8 Å². The Hall–Kier alpha value is -2.37. The van der Waals surface area contributed by atoms with Crippen LogP contribution in [0, 0.1) is 12.3 Å². The van der Waals surface area contributed by atoms with E-state index in [0.29, 0.717) is 21.5 Å². The number of amides is 2. The number of hydrogen-bond acceptors (Lipinski definition) is 5. The Bertz CT molecular complexity index is 798. The van der Waals surface area contributed by atoms with E-state index in [1.807, 2.05) is 0 Å². The SMILES string of the molecule is C#CCOc1c(Br)cc(/C=C2\C(=O)NC(=S)N(C)C2=O)cc1OC. The lowest BCUT2D eigenvalue weighted by atomic mass is 10.1. The minimum Gasteiger partial charge on any atom is -0.493 e. The second kappa shape index (κ2) is 7.47. The molecule has 1 aromatic rings. The molecule has 24 heavy (non-hydrogen) atoms. The van der Waals surface area contributed by atoms with E-state index in [4.69, 9.17) is 28.1 Å². The fraction of sp³-hybridized carbons (Fsp3) is 0.188. The van der Waals surface area contributed by atoms with Gasteiger partial charge >= 0.3 is 0 Å². The standard InChI is InChI=1S/C16H13BrN2O4S/c1-4-5-23-13-11(17)7-9(8-12(13)22-3)6-10-14(20)18-16(24)19(2)15(10)21/h1,6-8H,5H2,2-3H3,(H,18,20,24)/b10-6+. The number of nitrogens with one attached hydrogen (secondary N) is 1. The number of benzene rings is 1. The van der Waals surface area contributed by atoms with Crippen LogP contribution in [0.3, 0.4) is 0 Å². The van der Waals surface area contributed by atoms with E-state index in [0.717, 1.165) is 0 Å². The summed E-state index contributed by atoms with van der Waals surface area (Å²) in [5.41, 5.74) is 0.545. The third-order valence-corrected chi connectivity index (χ3v) is 4.13. The monoisotopic (exact) mass is 408 g/mol. The topological polar surface area (TPSA) is 67.9 Å². The highest BCUT2D eigenvalue weighted by Gasteiger charge is 2.30. The zero-order valence-electron chi connectivity index (χ0n) is 12.9. The molecule has 2 rings (SSSR count). The second-order valence-electron chi connectivity index (χ2n) is 4.71. The molecule has 0 aliphatic carbocycles. The Kier molecular flexibility index (Phi) is 5.59. The summed E-state index contributed by atoms with van der Waals surface area (Å²) in [4.78, 5) is 25.4. The molecule has 0 radical (unpaired) electrons. The van der Waals surface area contributed by atoms with Crippen molar-refractivity contribution in [1.29, 1.82) is 0 Å². The Labute approximate surface area is 152 Å². The molecule has 6 nitrogen and oxygen atoms in total. The molecule has 1 saturated heterocycles. The van der Waals surface area contributed by atoms with Gasteiger partial charge in [-0.25, -0.2) is 0 Å². The molecule has 0 spiro atoms. The molecule has 8 heteroatoms. The highest BCUT2D eigenvalue weighted by atomic mass is 79.9. The lowest BCUT2D eigenvalue weighted by Gasteiger charge is -2.25. The molecule has 1 aliphatic heterocycles. The van der Waals surface area contributed by atoms with E-state index in [1.54, 1.807) is 12.1 Å². The smallest absolute Gasteiger partial charge is 0.265 e. The van der Waals surface area contributed by atoms with Gasteiger partial charge in [-0.3, -0.25) is 19.8 Å². The van der Waals surface area contributed by atoms with Gasteiger partial charge in [-0.2, -0.15) is 0 Å². The first-order chi connectivity index (χ1) is 11.4. The molecule has 0 aromatic heterocycles. The predicted octanol–water partition coefficient (Wildman–Crippen LogP) is 1.73. The summed E-state index contributed by atoms with van der Waals surface area (Å²) in [6.45, 7) is 0.0819. The average molecular weight is 409 g/mol. The normalized spacial score (nSPS) is 16.0. The first-order valence-electron chi connectivity index (χ1n) is 6.68. The van der Waals surface area contributed by atoms with Crippen LogP contribution in [-0.4, -0.2) is 42.6 Å². The summed E-state index contributed by atoms with van der Waals surface area (Å²) in [6.07, 6.45) is 6.64. The molecule has 0 saturated carbocycles. The van der Waals surface area contributed by atoms with E-state index in [9.17, 15) is 9.59 Å². The average Bonchev–Trinajstić information content (AvgIpc) is 2.55. The minimum atomic E-state index is -0.550. The number of halogens is 1. The van der Waals surface area contributed by atoms with Gasteiger partial charge in [0.15, 0.2) is 16.6 Å². The molecular formula is C16H13BrN2O4S. The van der Waals surface area contributed by atoms with Crippen LogP contribution in [0.1, 0.15) is 5.56 Å². The molecule has 0 unspecified atom stereocenters. The molecule has 1 fully saturated rings.